The van der Waals surface area contributed by atoms with Gasteiger partial charge in [-0.1, -0.05) is 24.2 Å². The molecule has 4 nitrogen and oxygen atoms in total. The number of hydrogen-bond acceptors (Lipinski definition) is 3. The smallest absolute Gasteiger partial charge is 0.289 e. The van der Waals surface area contributed by atoms with Gasteiger partial charge in [0.25, 0.3) is 5.69 Å². The molecule has 0 radical (unpaired) electrons. The number of benzene rings is 1. The molecule has 0 N–H and O–H groups in total. The number of carbonyl (C=O) groups is 1. The third-order valence-corrected chi connectivity index (χ3v) is 1.93. The van der Waals surface area contributed by atoms with Gasteiger partial charge in [-0.2, -0.15) is 0 Å². The van der Waals surface area contributed by atoms with Crippen molar-refractivity contribution in [3.8, 4) is 0 Å². The zero-order valence-corrected chi connectivity index (χ0v) is 7.82. The molecule has 0 aliphatic heterocycles. The molecule has 0 saturated heterocycles. The van der Waals surface area contributed by atoms with Crippen LogP contribution in [0.3, 0.4) is 0 Å². The van der Waals surface area contributed by atoms with Gasteiger partial charge < -0.3 is 0 Å². The number of nitro groups is 1. The maximum atomic E-state index is 11.2. The lowest BCUT2D eigenvalue weighted by molar-refractivity contribution is -0.384. The molecule has 72 valence electrons. The van der Waals surface area contributed by atoms with E-state index >= 15 is 0 Å². The van der Waals surface area contributed by atoms with E-state index in [4.69, 9.17) is 11.6 Å². The van der Waals surface area contributed by atoms with Gasteiger partial charge in [0.05, 0.1) is 4.92 Å². The highest BCUT2D eigenvalue weighted by Gasteiger charge is 2.21. The lowest BCUT2D eigenvalue weighted by Gasteiger charge is -1.99. The molecule has 0 bridgehead atoms. The normalized spacial score (nSPS) is 9.50. The van der Waals surface area contributed by atoms with Crippen LogP contribution in [-0.2, 0) is 0 Å². The summed E-state index contributed by atoms with van der Waals surface area (Å²) < 4.78 is 0. The summed E-state index contributed by atoms with van der Waals surface area (Å²) in [4.78, 5) is 21.1. The molecule has 0 fully saturated rings. The predicted molar refractivity (Wildman–Crippen MR) is 52.6 cm³/mol. The molecule has 0 atom stereocenters. The van der Waals surface area contributed by atoms with E-state index in [0.29, 0.717) is 0 Å². The van der Waals surface area contributed by atoms with E-state index in [9.17, 15) is 14.9 Å². The quantitative estimate of drug-likeness (QED) is 0.334. The second-order valence-corrected chi connectivity index (χ2v) is 2.87. The Morgan fingerprint density at radius 3 is 2.71 bits per heavy atom. The van der Waals surface area contributed by atoms with E-state index in [2.05, 4.69) is 6.58 Å². The molecule has 0 amide bonds. The average Bonchev–Trinajstić information content (AvgIpc) is 2.15. The largest absolute Gasteiger partial charge is 0.298 e. The highest BCUT2D eigenvalue weighted by molar-refractivity contribution is 6.33. The zero-order chi connectivity index (χ0) is 10.7. The Morgan fingerprint density at radius 2 is 2.21 bits per heavy atom. The summed E-state index contributed by atoms with van der Waals surface area (Å²) in [6.07, 6.45) is 1.01. The molecule has 1 aromatic carbocycles. The van der Waals surface area contributed by atoms with Gasteiger partial charge in [-0.15, -0.1) is 0 Å². The van der Waals surface area contributed by atoms with Gasteiger partial charge in [-0.25, -0.2) is 0 Å². The van der Waals surface area contributed by atoms with Gasteiger partial charge in [0.2, 0.25) is 0 Å². The Labute approximate surface area is 85.0 Å². The van der Waals surface area contributed by atoms with Crippen molar-refractivity contribution < 1.29 is 9.72 Å². The maximum Gasteiger partial charge on any atom is 0.298 e. The van der Waals surface area contributed by atoms with Gasteiger partial charge in [-0.3, -0.25) is 14.9 Å². The van der Waals surface area contributed by atoms with Crippen LogP contribution in [0.25, 0.3) is 0 Å². The summed E-state index contributed by atoms with van der Waals surface area (Å²) >= 11 is 5.60. The topological polar surface area (TPSA) is 60.2 Å². The molecule has 1 aromatic rings. The summed E-state index contributed by atoms with van der Waals surface area (Å²) in [6.45, 7) is 3.25. The third-order valence-electron chi connectivity index (χ3n) is 1.62. The molecular formula is C9H6ClNO3. The highest BCUT2D eigenvalue weighted by Crippen LogP contribution is 2.28. The molecule has 5 heteroatoms. The van der Waals surface area contributed by atoms with Gasteiger partial charge in [0.1, 0.15) is 10.6 Å². The van der Waals surface area contributed by atoms with Gasteiger partial charge >= 0.3 is 0 Å². The number of rotatable bonds is 3. The second-order valence-electron chi connectivity index (χ2n) is 2.46. The van der Waals surface area contributed by atoms with Crippen molar-refractivity contribution in [2.24, 2.45) is 0 Å². The molecule has 0 spiro atoms. The fourth-order valence-corrected chi connectivity index (χ4v) is 1.25. The lowest BCUT2D eigenvalue weighted by atomic mass is 10.1. The molecule has 0 aliphatic rings. The second kappa shape index (κ2) is 4.02. The monoisotopic (exact) mass is 211 g/mol. The van der Waals surface area contributed by atoms with Crippen LogP contribution < -0.4 is 0 Å². The Hall–Kier alpha value is -1.68. The summed E-state index contributed by atoms with van der Waals surface area (Å²) in [5.74, 6) is -0.515. The van der Waals surface area contributed by atoms with Crippen molar-refractivity contribution in [1.82, 2.24) is 0 Å². The van der Waals surface area contributed by atoms with Crippen LogP contribution in [0.4, 0.5) is 5.69 Å². The fraction of sp³-hybridized carbons (Fsp3) is 0. The Kier molecular flexibility index (Phi) is 2.99. The van der Waals surface area contributed by atoms with E-state index < -0.39 is 10.7 Å². The van der Waals surface area contributed by atoms with Crippen LogP contribution in [-0.4, -0.2) is 10.7 Å². The predicted octanol–water partition coefficient (Wildman–Crippen LogP) is 2.62. The number of nitrogens with zero attached hydrogens (tertiary/aromatic N) is 1. The first-order chi connectivity index (χ1) is 6.57. The van der Waals surface area contributed by atoms with Gasteiger partial charge in [0.15, 0.2) is 5.78 Å². The Morgan fingerprint density at radius 1 is 1.57 bits per heavy atom. The Bertz CT molecular complexity index is 415. The zero-order valence-electron chi connectivity index (χ0n) is 7.07. The van der Waals surface area contributed by atoms with Crippen LogP contribution in [0.5, 0.6) is 0 Å². The van der Waals surface area contributed by atoms with E-state index in [1.165, 1.54) is 18.2 Å². The molecule has 0 saturated carbocycles. The van der Waals surface area contributed by atoms with E-state index in [0.717, 1.165) is 6.08 Å². The van der Waals surface area contributed by atoms with Gasteiger partial charge in [0, 0.05) is 0 Å². The minimum absolute atomic E-state index is 0.0440. The van der Waals surface area contributed by atoms with Crippen molar-refractivity contribution in [3.05, 3.63) is 51.6 Å². The van der Waals surface area contributed by atoms with Crippen LogP contribution in [0.15, 0.2) is 30.9 Å². The molecule has 0 heterocycles. The highest BCUT2D eigenvalue weighted by atomic mass is 35.5. The lowest BCUT2D eigenvalue weighted by Crippen LogP contribution is -2.01. The average molecular weight is 212 g/mol. The minimum Gasteiger partial charge on any atom is -0.289 e. The summed E-state index contributed by atoms with van der Waals surface area (Å²) in [5.41, 5.74) is -0.420. The fourth-order valence-electron chi connectivity index (χ4n) is 1.01. The van der Waals surface area contributed by atoms with Crippen molar-refractivity contribution in [1.29, 1.82) is 0 Å². The number of carbonyl (C=O) groups excluding carboxylic acids is 1. The molecule has 14 heavy (non-hydrogen) atoms. The summed E-state index contributed by atoms with van der Waals surface area (Å²) in [6, 6.07) is 4.18. The van der Waals surface area contributed by atoms with E-state index in [-0.39, 0.29) is 16.3 Å². The first-order valence-corrected chi connectivity index (χ1v) is 4.05. The molecule has 0 aliphatic carbocycles. The van der Waals surface area contributed by atoms with Crippen LogP contribution in [0.2, 0.25) is 5.02 Å². The van der Waals surface area contributed by atoms with Crippen molar-refractivity contribution in [2.45, 2.75) is 0 Å². The number of hydrogen-bond donors (Lipinski definition) is 0. The summed E-state index contributed by atoms with van der Waals surface area (Å²) in [5, 5.41) is 10.5. The van der Waals surface area contributed by atoms with Crippen LogP contribution in [0.1, 0.15) is 10.4 Å². The number of nitro benzene ring substituents is 1. The van der Waals surface area contributed by atoms with Crippen molar-refractivity contribution in [3.63, 3.8) is 0 Å². The van der Waals surface area contributed by atoms with Crippen LogP contribution in [0, 0.1) is 10.1 Å². The Balaban J connectivity index is 3.42. The molecule has 0 aromatic heterocycles. The third kappa shape index (κ3) is 1.80. The standard InChI is InChI=1S/C9H6ClNO3/c1-2-8(12)6-4-3-5-7(10)9(6)11(13)14/h2-5H,1H2. The number of para-hydroxylation sites is 1. The molecular weight excluding hydrogens is 206 g/mol. The molecule has 0 unspecified atom stereocenters. The maximum absolute atomic E-state index is 11.2. The molecule has 1 rings (SSSR count). The summed E-state index contributed by atoms with van der Waals surface area (Å²) in [7, 11) is 0. The van der Waals surface area contributed by atoms with Crippen molar-refractivity contribution >= 4 is 23.1 Å². The minimum atomic E-state index is -0.681. The number of ketones is 1. The first-order valence-electron chi connectivity index (χ1n) is 3.67. The first kappa shape index (κ1) is 10.4. The van der Waals surface area contributed by atoms with E-state index in [1.54, 1.807) is 0 Å². The SMILES string of the molecule is C=CC(=O)c1cccc(Cl)c1[N+](=O)[O-]. The van der Waals surface area contributed by atoms with Crippen LogP contribution >= 0.6 is 11.6 Å². The van der Waals surface area contributed by atoms with Gasteiger partial charge in [-0.05, 0) is 18.2 Å². The van der Waals surface area contributed by atoms with E-state index in [1.807, 2.05) is 0 Å². The number of allylic oxidation sites excluding steroid dienone is 1. The van der Waals surface area contributed by atoms with Crippen molar-refractivity contribution in [2.75, 3.05) is 0 Å². The number of halogens is 1.